The molecule has 4 aromatic rings. The number of methoxy groups -OCH3 is 1. The monoisotopic (exact) mass is 423 g/mol. The first-order chi connectivity index (χ1) is 14.7. The highest BCUT2D eigenvalue weighted by atomic mass is 32.1. The van der Waals surface area contributed by atoms with Crippen molar-refractivity contribution in [3.8, 4) is 10.8 Å². The van der Waals surface area contributed by atoms with Crippen molar-refractivity contribution >= 4 is 39.8 Å². The standard InChI is InChI=1S/C21H21N5O3S/c1-28-14-4-2-3-13(11-14)18(12-22)26-21(27)29-20-17(7-10-30-20)25-16-6-9-24-19-15(16)5-8-23-19/h2-11,18H,12,22H2,1H3,(H,26,27)(H2,23,24,25). The molecule has 4 rings (SSSR count). The lowest BCUT2D eigenvalue weighted by Gasteiger charge is -2.18. The van der Waals surface area contributed by atoms with Crippen LogP contribution in [0, 0.1) is 0 Å². The number of carbonyl (C=O) groups excluding carboxylic acids is 1. The number of aromatic amines is 1. The van der Waals surface area contributed by atoms with Crippen molar-refractivity contribution in [2.45, 2.75) is 6.04 Å². The molecule has 0 aliphatic heterocycles. The number of carbonyl (C=O) groups is 1. The number of aromatic nitrogens is 2. The molecule has 154 valence electrons. The Kier molecular flexibility index (Phi) is 5.82. The highest BCUT2D eigenvalue weighted by Crippen LogP contribution is 2.35. The normalized spacial score (nSPS) is 11.8. The second kappa shape index (κ2) is 8.85. The number of pyridine rings is 1. The maximum atomic E-state index is 12.5. The van der Waals surface area contributed by atoms with E-state index in [9.17, 15) is 4.79 Å². The maximum Gasteiger partial charge on any atom is 0.414 e. The van der Waals surface area contributed by atoms with Crippen LogP contribution >= 0.6 is 11.3 Å². The highest BCUT2D eigenvalue weighted by molar-refractivity contribution is 7.12. The summed E-state index contributed by atoms with van der Waals surface area (Å²) >= 11 is 1.32. The third-order valence-electron chi connectivity index (χ3n) is 4.57. The topological polar surface area (TPSA) is 114 Å². The molecule has 0 aliphatic carbocycles. The minimum absolute atomic E-state index is 0.223. The number of H-pyrrole nitrogens is 1. The predicted octanol–water partition coefficient (Wildman–Crippen LogP) is 4.17. The van der Waals surface area contributed by atoms with Crippen molar-refractivity contribution in [2.24, 2.45) is 5.73 Å². The minimum atomic E-state index is -0.583. The van der Waals surface area contributed by atoms with Crippen LogP contribution in [-0.2, 0) is 0 Å². The van der Waals surface area contributed by atoms with Crippen LogP contribution < -0.4 is 25.8 Å². The number of ether oxygens (including phenoxy) is 2. The van der Waals surface area contributed by atoms with Gasteiger partial charge < -0.3 is 30.8 Å². The lowest BCUT2D eigenvalue weighted by Crippen LogP contribution is -2.35. The summed E-state index contributed by atoms with van der Waals surface area (Å²) in [6.45, 7) is 0.223. The number of hydrogen-bond donors (Lipinski definition) is 4. The number of fused-ring (bicyclic) bond motifs is 1. The van der Waals surface area contributed by atoms with Gasteiger partial charge in [0.15, 0.2) is 0 Å². The molecule has 1 amide bonds. The Hall–Kier alpha value is -3.56. The number of anilines is 2. The molecule has 3 heterocycles. The van der Waals surface area contributed by atoms with E-state index in [0.717, 1.165) is 22.3 Å². The molecule has 1 unspecified atom stereocenters. The Balaban J connectivity index is 1.46. The molecular weight excluding hydrogens is 402 g/mol. The van der Waals surface area contributed by atoms with Crippen LogP contribution in [0.15, 0.2) is 60.2 Å². The molecule has 30 heavy (non-hydrogen) atoms. The summed E-state index contributed by atoms with van der Waals surface area (Å²) in [6, 6.07) is 12.7. The fourth-order valence-electron chi connectivity index (χ4n) is 3.07. The minimum Gasteiger partial charge on any atom is -0.497 e. The van der Waals surface area contributed by atoms with Crippen molar-refractivity contribution in [2.75, 3.05) is 19.0 Å². The number of nitrogens with zero attached hydrogens (tertiary/aromatic N) is 1. The van der Waals surface area contributed by atoms with Gasteiger partial charge in [-0.1, -0.05) is 12.1 Å². The summed E-state index contributed by atoms with van der Waals surface area (Å²) in [5, 5.41) is 9.36. The average Bonchev–Trinajstić information content (AvgIpc) is 3.42. The number of nitrogens with two attached hydrogens (primary N) is 1. The van der Waals surface area contributed by atoms with Gasteiger partial charge in [0.25, 0.3) is 0 Å². The Morgan fingerprint density at radius 1 is 1.27 bits per heavy atom. The van der Waals surface area contributed by atoms with Gasteiger partial charge >= 0.3 is 6.09 Å². The SMILES string of the molecule is COc1cccc(C(CN)NC(=O)Oc2sccc2Nc2ccnc3[nH]ccc23)c1. The van der Waals surface area contributed by atoms with E-state index in [4.69, 9.17) is 15.2 Å². The van der Waals surface area contributed by atoms with Gasteiger partial charge in [0.05, 0.1) is 24.5 Å². The van der Waals surface area contributed by atoms with E-state index in [1.807, 2.05) is 54.0 Å². The van der Waals surface area contributed by atoms with Gasteiger partial charge in [0.2, 0.25) is 5.06 Å². The highest BCUT2D eigenvalue weighted by Gasteiger charge is 2.17. The number of hydrogen-bond acceptors (Lipinski definition) is 7. The average molecular weight is 423 g/mol. The van der Waals surface area contributed by atoms with E-state index in [0.29, 0.717) is 16.5 Å². The van der Waals surface area contributed by atoms with Crippen LogP contribution in [0.4, 0.5) is 16.2 Å². The van der Waals surface area contributed by atoms with E-state index in [1.165, 1.54) is 11.3 Å². The van der Waals surface area contributed by atoms with Gasteiger partial charge in [0.1, 0.15) is 11.4 Å². The molecule has 0 aliphatic rings. The lowest BCUT2D eigenvalue weighted by molar-refractivity contribution is 0.198. The quantitative estimate of drug-likeness (QED) is 0.355. The zero-order valence-electron chi connectivity index (χ0n) is 16.2. The predicted molar refractivity (Wildman–Crippen MR) is 118 cm³/mol. The number of thiophene rings is 1. The molecule has 8 nitrogen and oxygen atoms in total. The Morgan fingerprint density at radius 3 is 3.00 bits per heavy atom. The van der Waals surface area contributed by atoms with Crippen LogP contribution in [0.5, 0.6) is 10.8 Å². The van der Waals surface area contributed by atoms with Crippen molar-refractivity contribution < 1.29 is 14.3 Å². The third-order valence-corrected chi connectivity index (χ3v) is 5.36. The van der Waals surface area contributed by atoms with E-state index in [1.54, 1.807) is 13.3 Å². The molecule has 0 saturated carbocycles. The molecule has 9 heteroatoms. The van der Waals surface area contributed by atoms with E-state index >= 15 is 0 Å². The summed E-state index contributed by atoms with van der Waals surface area (Å²) in [5.74, 6) is 0.694. The smallest absolute Gasteiger partial charge is 0.414 e. The molecule has 0 fully saturated rings. The fraction of sp³-hybridized carbons (Fsp3) is 0.143. The van der Waals surface area contributed by atoms with E-state index < -0.39 is 12.1 Å². The third kappa shape index (κ3) is 4.22. The molecule has 1 atom stereocenters. The molecule has 3 aromatic heterocycles. The molecular formula is C21H21N5O3S. The summed E-state index contributed by atoms with van der Waals surface area (Å²) in [7, 11) is 1.59. The van der Waals surface area contributed by atoms with Gasteiger partial charge in [-0.25, -0.2) is 9.78 Å². The zero-order chi connectivity index (χ0) is 20.9. The number of nitrogens with one attached hydrogen (secondary N) is 3. The summed E-state index contributed by atoms with van der Waals surface area (Å²) in [6.07, 6.45) is 2.95. The van der Waals surface area contributed by atoms with Crippen LogP contribution in [0.3, 0.4) is 0 Å². The Morgan fingerprint density at radius 2 is 2.17 bits per heavy atom. The molecule has 5 N–H and O–H groups in total. The first-order valence-corrected chi connectivity index (χ1v) is 10.1. The van der Waals surface area contributed by atoms with Crippen molar-refractivity contribution in [1.29, 1.82) is 0 Å². The van der Waals surface area contributed by atoms with Gasteiger partial charge in [-0.2, -0.15) is 0 Å². The first-order valence-electron chi connectivity index (χ1n) is 9.27. The second-order valence-electron chi connectivity index (χ2n) is 6.44. The van der Waals surface area contributed by atoms with Crippen LogP contribution in [0.1, 0.15) is 11.6 Å². The molecule has 0 saturated heterocycles. The second-order valence-corrected chi connectivity index (χ2v) is 7.32. The van der Waals surface area contributed by atoms with Gasteiger partial charge in [-0.15, -0.1) is 11.3 Å². The Labute approximate surface area is 177 Å². The summed E-state index contributed by atoms with van der Waals surface area (Å²) in [5.41, 5.74) is 9.03. The number of benzene rings is 1. The van der Waals surface area contributed by atoms with E-state index in [2.05, 4.69) is 20.6 Å². The van der Waals surface area contributed by atoms with Gasteiger partial charge in [0, 0.05) is 24.3 Å². The molecule has 1 aromatic carbocycles. The number of rotatable bonds is 7. The Bertz CT molecular complexity index is 1160. The van der Waals surface area contributed by atoms with Crippen molar-refractivity contribution in [1.82, 2.24) is 15.3 Å². The van der Waals surface area contributed by atoms with Crippen LogP contribution in [0.2, 0.25) is 0 Å². The summed E-state index contributed by atoms with van der Waals surface area (Å²) in [4.78, 5) is 19.9. The van der Waals surface area contributed by atoms with Gasteiger partial charge in [-0.3, -0.25) is 0 Å². The zero-order valence-corrected chi connectivity index (χ0v) is 17.0. The largest absolute Gasteiger partial charge is 0.497 e. The lowest BCUT2D eigenvalue weighted by atomic mass is 10.1. The van der Waals surface area contributed by atoms with Crippen molar-refractivity contribution in [3.63, 3.8) is 0 Å². The molecule has 0 spiro atoms. The molecule has 0 radical (unpaired) electrons. The fourth-order valence-corrected chi connectivity index (χ4v) is 3.77. The van der Waals surface area contributed by atoms with Crippen LogP contribution in [0.25, 0.3) is 11.0 Å². The summed E-state index contributed by atoms with van der Waals surface area (Å²) < 4.78 is 10.8. The van der Waals surface area contributed by atoms with Gasteiger partial charge in [-0.05, 0) is 41.3 Å². The van der Waals surface area contributed by atoms with Crippen molar-refractivity contribution in [3.05, 3.63) is 65.8 Å². The van der Waals surface area contributed by atoms with Crippen LogP contribution in [-0.4, -0.2) is 29.7 Å². The maximum absolute atomic E-state index is 12.5. The molecule has 0 bridgehead atoms. The number of amides is 1. The van der Waals surface area contributed by atoms with E-state index in [-0.39, 0.29) is 6.54 Å². The first kappa shape index (κ1) is 19.7.